The van der Waals surface area contributed by atoms with Gasteiger partial charge in [-0.05, 0) is 47.3 Å². The number of hydrazine groups is 1. The Morgan fingerprint density at radius 1 is 0.800 bits per heavy atom. The smallest absolute Gasteiger partial charge is 0.269 e. The minimum atomic E-state index is -0.385. The van der Waals surface area contributed by atoms with E-state index in [1.807, 2.05) is 30.3 Å². The number of aromatic nitrogens is 1. The zero-order chi connectivity index (χ0) is 17.6. The van der Waals surface area contributed by atoms with Gasteiger partial charge in [0.15, 0.2) is 5.11 Å². The molecular formula is C18H14N4O2S. The van der Waals surface area contributed by atoms with Gasteiger partial charge in [0.05, 0.1) is 0 Å². The zero-order valence-electron chi connectivity index (χ0n) is 13.0. The Hall–Kier alpha value is -3.32. The molecule has 0 spiro atoms. The summed E-state index contributed by atoms with van der Waals surface area (Å²) in [5.74, 6) is -0.744. The van der Waals surface area contributed by atoms with Crippen LogP contribution in [-0.4, -0.2) is 21.9 Å². The lowest BCUT2D eigenvalue weighted by molar-refractivity contribution is 0.0934. The highest BCUT2D eigenvalue weighted by atomic mass is 32.1. The molecule has 7 heteroatoms. The minimum Gasteiger partial charge on any atom is -0.298 e. The van der Waals surface area contributed by atoms with Crippen molar-refractivity contribution in [1.29, 1.82) is 0 Å². The number of hydrogen-bond acceptors (Lipinski definition) is 4. The number of pyridine rings is 1. The van der Waals surface area contributed by atoms with Gasteiger partial charge in [0.2, 0.25) is 0 Å². The van der Waals surface area contributed by atoms with Gasteiger partial charge in [-0.1, -0.05) is 30.3 Å². The van der Waals surface area contributed by atoms with Crippen molar-refractivity contribution in [2.75, 3.05) is 0 Å². The average Bonchev–Trinajstić information content (AvgIpc) is 2.66. The summed E-state index contributed by atoms with van der Waals surface area (Å²) in [6.07, 6.45) is 3.02. The summed E-state index contributed by atoms with van der Waals surface area (Å²) in [5, 5.41) is 4.53. The molecule has 2 aromatic carbocycles. The third kappa shape index (κ3) is 4.15. The summed E-state index contributed by atoms with van der Waals surface area (Å²) < 4.78 is 0. The molecule has 0 aliphatic heterocycles. The Bertz CT molecular complexity index is 944. The van der Waals surface area contributed by atoms with Crippen LogP contribution in [0.1, 0.15) is 20.7 Å². The fourth-order valence-corrected chi connectivity index (χ4v) is 2.37. The van der Waals surface area contributed by atoms with E-state index in [-0.39, 0.29) is 16.9 Å². The molecule has 0 saturated heterocycles. The van der Waals surface area contributed by atoms with E-state index < -0.39 is 0 Å². The van der Waals surface area contributed by atoms with Crippen molar-refractivity contribution < 1.29 is 9.59 Å². The number of carbonyl (C=O) groups excluding carboxylic acids is 2. The number of fused-ring (bicyclic) bond motifs is 1. The van der Waals surface area contributed by atoms with E-state index >= 15 is 0 Å². The number of rotatable bonds is 2. The van der Waals surface area contributed by atoms with Gasteiger partial charge in [-0.25, -0.2) is 0 Å². The molecular weight excluding hydrogens is 336 g/mol. The highest BCUT2D eigenvalue weighted by molar-refractivity contribution is 7.80. The zero-order valence-corrected chi connectivity index (χ0v) is 13.8. The Morgan fingerprint density at radius 3 is 2.28 bits per heavy atom. The fourth-order valence-electron chi connectivity index (χ4n) is 2.23. The molecule has 0 atom stereocenters. The van der Waals surface area contributed by atoms with Crippen LogP contribution in [0.5, 0.6) is 0 Å². The Labute approximate surface area is 149 Å². The standard InChI is InChI=1S/C18H14N4O2S/c23-16(15-6-5-12-3-1-2-4-14(12)11-15)20-18(25)22-21-17(24)13-7-9-19-10-8-13/h1-11H,(H,21,24)(H2,20,22,23,25). The summed E-state index contributed by atoms with van der Waals surface area (Å²) >= 11 is 5.02. The average molecular weight is 350 g/mol. The van der Waals surface area contributed by atoms with Crippen molar-refractivity contribution in [3.05, 3.63) is 78.1 Å². The molecule has 3 rings (SSSR count). The maximum atomic E-state index is 12.3. The molecule has 0 fully saturated rings. The molecule has 0 aliphatic rings. The topological polar surface area (TPSA) is 83.1 Å². The summed E-state index contributed by atoms with van der Waals surface area (Å²) in [7, 11) is 0. The van der Waals surface area contributed by atoms with Gasteiger partial charge in [0, 0.05) is 23.5 Å². The van der Waals surface area contributed by atoms with E-state index in [0.29, 0.717) is 11.1 Å². The molecule has 0 radical (unpaired) electrons. The molecule has 6 nitrogen and oxygen atoms in total. The molecule has 0 aliphatic carbocycles. The highest BCUT2D eigenvalue weighted by Crippen LogP contribution is 2.15. The van der Waals surface area contributed by atoms with Crippen LogP contribution in [-0.2, 0) is 0 Å². The predicted octanol–water partition coefficient (Wildman–Crippen LogP) is 2.18. The van der Waals surface area contributed by atoms with Crippen LogP contribution < -0.4 is 16.2 Å². The van der Waals surface area contributed by atoms with Crippen LogP contribution >= 0.6 is 12.2 Å². The second kappa shape index (κ2) is 7.50. The molecule has 3 aromatic rings. The number of carbonyl (C=O) groups is 2. The van der Waals surface area contributed by atoms with E-state index in [2.05, 4.69) is 21.2 Å². The van der Waals surface area contributed by atoms with Crippen LogP contribution in [0, 0.1) is 0 Å². The van der Waals surface area contributed by atoms with Crippen molar-refractivity contribution in [2.45, 2.75) is 0 Å². The van der Waals surface area contributed by atoms with Crippen molar-refractivity contribution in [3.63, 3.8) is 0 Å². The lowest BCUT2D eigenvalue weighted by atomic mass is 10.1. The molecule has 25 heavy (non-hydrogen) atoms. The van der Waals surface area contributed by atoms with Gasteiger partial charge in [0.25, 0.3) is 11.8 Å². The van der Waals surface area contributed by atoms with Gasteiger partial charge >= 0.3 is 0 Å². The summed E-state index contributed by atoms with van der Waals surface area (Å²) in [6.45, 7) is 0. The first-order valence-corrected chi connectivity index (χ1v) is 7.85. The van der Waals surface area contributed by atoms with Crippen molar-refractivity contribution in [2.24, 2.45) is 0 Å². The number of nitrogens with zero attached hydrogens (tertiary/aromatic N) is 1. The normalized spacial score (nSPS) is 10.1. The van der Waals surface area contributed by atoms with Crippen LogP contribution in [0.15, 0.2) is 67.0 Å². The molecule has 0 unspecified atom stereocenters. The number of benzene rings is 2. The summed E-state index contributed by atoms with van der Waals surface area (Å²) in [5.41, 5.74) is 5.81. The second-order valence-corrected chi connectivity index (χ2v) is 5.57. The molecule has 1 heterocycles. The molecule has 0 bridgehead atoms. The minimum absolute atomic E-state index is 0.000523. The molecule has 0 saturated carbocycles. The van der Waals surface area contributed by atoms with Crippen molar-refractivity contribution >= 4 is 39.9 Å². The van der Waals surface area contributed by atoms with Gasteiger partial charge in [-0.2, -0.15) is 0 Å². The van der Waals surface area contributed by atoms with Gasteiger partial charge in [-0.3, -0.25) is 30.7 Å². The van der Waals surface area contributed by atoms with E-state index in [4.69, 9.17) is 12.2 Å². The van der Waals surface area contributed by atoms with Gasteiger partial charge in [0.1, 0.15) is 0 Å². The van der Waals surface area contributed by atoms with Crippen molar-refractivity contribution in [1.82, 2.24) is 21.2 Å². The maximum absolute atomic E-state index is 12.3. The largest absolute Gasteiger partial charge is 0.298 e. The van der Waals surface area contributed by atoms with Crippen LogP contribution in [0.25, 0.3) is 10.8 Å². The first kappa shape index (κ1) is 16.5. The number of thiocarbonyl (C=S) groups is 1. The van der Waals surface area contributed by atoms with E-state index in [9.17, 15) is 9.59 Å². The third-order valence-electron chi connectivity index (χ3n) is 3.47. The SMILES string of the molecule is O=C(NNC(=S)NC(=O)c1ccc2ccccc2c1)c1ccncc1. The van der Waals surface area contributed by atoms with Crippen LogP contribution in [0.2, 0.25) is 0 Å². The lowest BCUT2D eigenvalue weighted by Gasteiger charge is -2.11. The first-order chi connectivity index (χ1) is 12.1. The Morgan fingerprint density at radius 2 is 1.52 bits per heavy atom. The Kier molecular flexibility index (Phi) is 4.96. The van der Waals surface area contributed by atoms with E-state index in [0.717, 1.165) is 10.8 Å². The van der Waals surface area contributed by atoms with Crippen LogP contribution in [0.4, 0.5) is 0 Å². The predicted molar refractivity (Wildman–Crippen MR) is 98.9 cm³/mol. The fraction of sp³-hybridized carbons (Fsp3) is 0. The molecule has 3 N–H and O–H groups in total. The summed E-state index contributed by atoms with van der Waals surface area (Å²) in [6, 6.07) is 16.2. The summed E-state index contributed by atoms with van der Waals surface area (Å²) in [4.78, 5) is 28.0. The van der Waals surface area contributed by atoms with E-state index in [1.54, 1.807) is 24.3 Å². The van der Waals surface area contributed by atoms with Gasteiger partial charge in [-0.15, -0.1) is 0 Å². The molecule has 1 aromatic heterocycles. The molecule has 124 valence electrons. The monoisotopic (exact) mass is 350 g/mol. The third-order valence-corrected chi connectivity index (χ3v) is 3.67. The van der Waals surface area contributed by atoms with E-state index in [1.165, 1.54) is 12.4 Å². The first-order valence-electron chi connectivity index (χ1n) is 7.44. The molecule has 2 amide bonds. The number of nitrogens with one attached hydrogen (secondary N) is 3. The number of hydrogen-bond donors (Lipinski definition) is 3. The Balaban J connectivity index is 1.58. The quantitative estimate of drug-likeness (QED) is 0.487. The second-order valence-electron chi connectivity index (χ2n) is 5.16. The van der Waals surface area contributed by atoms with Crippen LogP contribution in [0.3, 0.4) is 0 Å². The van der Waals surface area contributed by atoms with Gasteiger partial charge < -0.3 is 0 Å². The highest BCUT2D eigenvalue weighted by Gasteiger charge is 2.10. The maximum Gasteiger partial charge on any atom is 0.269 e. The van der Waals surface area contributed by atoms with Crippen molar-refractivity contribution in [3.8, 4) is 0 Å². The number of amides is 2. The lowest BCUT2D eigenvalue weighted by Crippen LogP contribution is -2.48.